The Morgan fingerprint density at radius 2 is 1.92 bits per heavy atom. The number of carbonyl (C=O) groups is 2. The predicted octanol–water partition coefficient (Wildman–Crippen LogP) is 3.48. The summed E-state index contributed by atoms with van der Waals surface area (Å²) in [6.45, 7) is 4.30. The summed E-state index contributed by atoms with van der Waals surface area (Å²) in [5, 5.41) is 2.98. The highest BCUT2D eigenvalue weighted by Crippen LogP contribution is 2.35. The zero-order valence-corrected chi connectivity index (χ0v) is 14.1. The largest absolute Gasteiger partial charge is 0.324 e. The first-order valence-electron chi connectivity index (χ1n) is 8.30. The van der Waals surface area contributed by atoms with E-state index in [4.69, 9.17) is 0 Å². The van der Waals surface area contributed by atoms with Gasteiger partial charge in [-0.3, -0.25) is 9.59 Å². The van der Waals surface area contributed by atoms with Crippen molar-refractivity contribution in [2.45, 2.75) is 33.1 Å². The molecule has 1 aliphatic heterocycles. The second kappa shape index (κ2) is 6.87. The molecule has 2 aromatic carbocycles. The van der Waals surface area contributed by atoms with Crippen LogP contribution in [-0.2, 0) is 22.4 Å². The molecule has 0 aromatic heterocycles. The highest BCUT2D eigenvalue weighted by atomic mass is 16.2. The molecule has 0 fully saturated rings. The van der Waals surface area contributed by atoms with Gasteiger partial charge in [0.25, 0.3) is 0 Å². The number of anilines is 2. The Morgan fingerprint density at radius 3 is 2.67 bits per heavy atom. The standard InChI is InChI=1S/C20H22N2O2/c1-14-6-3-4-7-16(14)10-11-19(24)21-18-9-5-8-17-12-13-22(15(2)23)20(17)18/h3-9H,10-13H2,1-2H3,(H,21,24). The van der Waals surface area contributed by atoms with E-state index >= 15 is 0 Å². The first kappa shape index (κ1) is 16.2. The van der Waals surface area contributed by atoms with Crippen LogP contribution in [0.3, 0.4) is 0 Å². The average molecular weight is 322 g/mol. The van der Waals surface area contributed by atoms with Gasteiger partial charge in [0.05, 0.1) is 11.4 Å². The fourth-order valence-corrected chi connectivity index (χ4v) is 3.22. The highest BCUT2D eigenvalue weighted by molar-refractivity contribution is 6.02. The molecule has 0 unspecified atom stereocenters. The smallest absolute Gasteiger partial charge is 0.224 e. The van der Waals surface area contributed by atoms with Gasteiger partial charge >= 0.3 is 0 Å². The Balaban J connectivity index is 1.71. The predicted molar refractivity (Wildman–Crippen MR) is 96.3 cm³/mol. The van der Waals surface area contributed by atoms with Gasteiger partial charge in [-0.05, 0) is 42.5 Å². The number of carbonyl (C=O) groups excluding carboxylic acids is 2. The van der Waals surface area contributed by atoms with Crippen molar-refractivity contribution in [1.29, 1.82) is 0 Å². The third-order valence-electron chi connectivity index (χ3n) is 4.53. The van der Waals surface area contributed by atoms with E-state index in [9.17, 15) is 9.59 Å². The maximum absolute atomic E-state index is 12.4. The number of hydrogen-bond acceptors (Lipinski definition) is 2. The quantitative estimate of drug-likeness (QED) is 0.937. The molecule has 2 aromatic rings. The van der Waals surface area contributed by atoms with Gasteiger partial charge < -0.3 is 10.2 Å². The number of fused-ring (bicyclic) bond motifs is 1. The van der Waals surface area contributed by atoms with E-state index < -0.39 is 0 Å². The Hall–Kier alpha value is -2.62. The molecule has 0 atom stereocenters. The zero-order chi connectivity index (χ0) is 17.1. The molecule has 3 rings (SSSR count). The number of aryl methyl sites for hydroxylation is 2. The number of amides is 2. The van der Waals surface area contributed by atoms with Crippen molar-refractivity contribution >= 4 is 23.2 Å². The Morgan fingerprint density at radius 1 is 1.12 bits per heavy atom. The van der Waals surface area contributed by atoms with Crippen LogP contribution in [0, 0.1) is 6.92 Å². The minimum Gasteiger partial charge on any atom is -0.324 e. The lowest BCUT2D eigenvalue weighted by Crippen LogP contribution is -2.27. The molecule has 0 saturated heterocycles. The molecule has 1 heterocycles. The minimum absolute atomic E-state index is 0.00959. The fourth-order valence-electron chi connectivity index (χ4n) is 3.22. The molecule has 1 N–H and O–H groups in total. The molecule has 2 amide bonds. The number of para-hydroxylation sites is 1. The average Bonchev–Trinajstić information content (AvgIpc) is 2.99. The van der Waals surface area contributed by atoms with E-state index in [1.165, 1.54) is 11.1 Å². The first-order chi connectivity index (χ1) is 11.6. The number of benzene rings is 2. The van der Waals surface area contributed by atoms with Gasteiger partial charge in [-0.15, -0.1) is 0 Å². The fraction of sp³-hybridized carbons (Fsp3) is 0.300. The molecule has 0 radical (unpaired) electrons. The summed E-state index contributed by atoms with van der Waals surface area (Å²) in [5.74, 6) is -0.0163. The number of rotatable bonds is 4. The molecule has 4 heteroatoms. The molecule has 1 aliphatic rings. The molecule has 124 valence electrons. The molecular weight excluding hydrogens is 300 g/mol. The minimum atomic E-state index is -0.0259. The van der Waals surface area contributed by atoms with Gasteiger partial charge in [-0.25, -0.2) is 0 Å². The Labute approximate surface area is 142 Å². The van der Waals surface area contributed by atoms with Gasteiger partial charge in [-0.2, -0.15) is 0 Å². The lowest BCUT2D eigenvalue weighted by molar-refractivity contribution is -0.117. The van der Waals surface area contributed by atoms with E-state index in [-0.39, 0.29) is 11.8 Å². The van der Waals surface area contributed by atoms with Crippen molar-refractivity contribution in [3.63, 3.8) is 0 Å². The van der Waals surface area contributed by atoms with Crippen LogP contribution in [0.5, 0.6) is 0 Å². The summed E-state index contributed by atoms with van der Waals surface area (Å²) in [6, 6.07) is 13.9. The van der Waals surface area contributed by atoms with E-state index in [1.807, 2.05) is 30.3 Å². The maximum Gasteiger partial charge on any atom is 0.224 e. The van der Waals surface area contributed by atoms with Gasteiger partial charge in [-0.1, -0.05) is 36.4 Å². The molecule has 0 aliphatic carbocycles. The second-order valence-corrected chi connectivity index (χ2v) is 6.21. The number of hydrogen-bond donors (Lipinski definition) is 1. The van der Waals surface area contributed by atoms with Crippen molar-refractivity contribution in [2.24, 2.45) is 0 Å². The van der Waals surface area contributed by atoms with Crippen molar-refractivity contribution in [2.75, 3.05) is 16.8 Å². The van der Waals surface area contributed by atoms with Crippen LogP contribution in [-0.4, -0.2) is 18.4 Å². The SMILES string of the molecule is CC(=O)N1CCc2cccc(NC(=O)CCc3ccccc3C)c21. The van der Waals surface area contributed by atoms with Gasteiger partial charge in [0.2, 0.25) is 11.8 Å². The van der Waals surface area contributed by atoms with Crippen LogP contribution >= 0.6 is 0 Å². The van der Waals surface area contributed by atoms with E-state index in [0.29, 0.717) is 19.4 Å². The monoisotopic (exact) mass is 322 g/mol. The highest BCUT2D eigenvalue weighted by Gasteiger charge is 2.25. The summed E-state index contributed by atoms with van der Waals surface area (Å²) in [7, 11) is 0. The lowest BCUT2D eigenvalue weighted by Gasteiger charge is -2.19. The normalized spacial score (nSPS) is 12.8. The van der Waals surface area contributed by atoms with E-state index in [1.54, 1.807) is 11.8 Å². The third-order valence-corrected chi connectivity index (χ3v) is 4.53. The maximum atomic E-state index is 12.4. The summed E-state index contributed by atoms with van der Waals surface area (Å²) >= 11 is 0. The summed E-state index contributed by atoms with van der Waals surface area (Å²) in [6.07, 6.45) is 1.97. The van der Waals surface area contributed by atoms with Gasteiger partial charge in [0, 0.05) is 19.9 Å². The first-order valence-corrected chi connectivity index (χ1v) is 8.30. The van der Waals surface area contributed by atoms with Crippen LogP contribution in [0.15, 0.2) is 42.5 Å². The molecule has 0 saturated carbocycles. The lowest BCUT2D eigenvalue weighted by atomic mass is 10.0. The Kier molecular flexibility index (Phi) is 4.65. The van der Waals surface area contributed by atoms with Crippen LogP contribution in [0.2, 0.25) is 0 Å². The molecule has 0 bridgehead atoms. The third kappa shape index (κ3) is 3.32. The van der Waals surface area contributed by atoms with Gasteiger partial charge in [0.15, 0.2) is 0 Å². The molecular formula is C20H22N2O2. The van der Waals surface area contributed by atoms with E-state index in [2.05, 4.69) is 24.4 Å². The summed E-state index contributed by atoms with van der Waals surface area (Å²) in [5.41, 5.74) is 5.09. The van der Waals surface area contributed by atoms with Gasteiger partial charge in [0.1, 0.15) is 0 Å². The van der Waals surface area contributed by atoms with Crippen LogP contribution < -0.4 is 10.2 Å². The zero-order valence-electron chi connectivity index (χ0n) is 14.1. The number of nitrogens with one attached hydrogen (secondary N) is 1. The molecule has 0 spiro atoms. The van der Waals surface area contributed by atoms with Crippen LogP contribution in [0.4, 0.5) is 11.4 Å². The van der Waals surface area contributed by atoms with E-state index in [0.717, 1.165) is 23.4 Å². The second-order valence-electron chi connectivity index (χ2n) is 6.21. The molecule has 4 nitrogen and oxygen atoms in total. The summed E-state index contributed by atoms with van der Waals surface area (Å²) < 4.78 is 0. The van der Waals surface area contributed by atoms with Crippen molar-refractivity contribution in [3.05, 3.63) is 59.2 Å². The Bertz CT molecular complexity index is 783. The molecule has 24 heavy (non-hydrogen) atoms. The van der Waals surface area contributed by atoms with Crippen molar-refractivity contribution < 1.29 is 9.59 Å². The number of nitrogens with zero attached hydrogens (tertiary/aromatic N) is 1. The van der Waals surface area contributed by atoms with Crippen molar-refractivity contribution in [3.8, 4) is 0 Å². The van der Waals surface area contributed by atoms with Crippen LogP contribution in [0.25, 0.3) is 0 Å². The summed E-state index contributed by atoms with van der Waals surface area (Å²) in [4.78, 5) is 25.9. The van der Waals surface area contributed by atoms with Crippen LogP contribution in [0.1, 0.15) is 30.0 Å². The van der Waals surface area contributed by atoms with Crippen molar-refractivity contribution in [1.82, 2.24) is 0 Å². The topological polar surface area (TPSA) is 49.4 Å².